The Morgan fingerprint density at radius 2 is 1.96 bits per heavy atom. The van der Waals surface area contributed by atoms with Crippen molar-refractivity contribution in [2.24, 2.45) is 10.9 Å². The maximum atomic E-state index is 11.7. The first kappa shape index (κ1) is 23.0. The van der Waals surface area contributed by atoms with Crippen LogP contribution in [0.5, 0.6) is 0 Å². The zero-order valence-electron chi connectivity index (χ0n) is 15.3. The second-order valence-electron chi connectivity index (χ2n) is 6.19. The monoisotopic (exact) mass is 452 g/mol. The zero-order valence-corrected chi connectivity index (χ0v) is 17.6. The summed E-state index contributed by atoms with van der Waals surface area (Å²) in [5, 5.41) is 9.60. The fraction of sp³-hybridized carbons (Fsp3) is 0.765. The molecule has 1 aliphatic rings. The molecule has 0 saturated carbocycles. The molecule has 0 heterocycles. The summed E-state index contributed by atoms with van der Waals surface area (Å²) in [6, 6.07) is 0.389. The van der Waals surface area contributed by atoms with Gasteiger partial charge in [0.15, 0.2) is 5.96 Å². The van der Waals surface area contributed by atoms with E-state index in [1.807, 2.05) is 6.92 Å². The second-order valence-corrected chi connectivity index (χ2v) is 6.19. The van der Waals surface area contributed by atoms with Crippen molar-refractivity contribution in [3.63, 3.8) is 0 Å². The molecule has 1 amide bonds. The normalized spacial score (nSPS) is 15.8. The van der Waals surface area contributed by atoms with Gasteiger partial charge in [-0.15, -0.1) is 24.0 Å². The van der Waals surface area contributed by atoms with Gasteiger partial charge < -0.3 is 20.7 Å². The molecule has 0 bridgehead atoms. The molecule has 0 fully saturated rings. The van der Waals surface area contributed by atoms with E-state index in [2.05, 4.69) is 46.9 Å². The molecule has 1 unspecified atom stereocenters. The number of carbonyl (C=O) groups excluding carboxylic acids is 1. The van der Waals surface area contributed by atoms with Crippen LogP contribution in [0.1, 0.15) is 47.0 Å². The van der Waals surface area contributed by atoms with Gasteiger partial charge in [0.1, 0.15) is 0 Å². The lowest BCUT2D eigenvalue weighted by atomic mass is 10.0. The molecule has 24 heavy (non-hydrogen) atoms. The topological polar surface area (TPSA) is 74.8 Å². The molecular weight excluding hydrogens is 419 g/mol. The highest BCUT2D eigenvalue weighted by atomic mass is 127. The van der Waals surface area contributed by atoms with Crippen LogP contribution in [0.25, 0.3) is 0 Å². The lowest BCUT2D eigenvalue weighted by Gasteiger charge is -2.21. The number of rotatable bonds is 8. The number of hydrogen-bond acceptors (Lipinski definition) is 3. The van der Waals surface area contributed by atoms with Gasteiger partial charge in [-0.05, 0) is 39.0 Å². The number of nitrogens with one attached hydrogen (secondary N) is 3. The Hall–Kier alpha value is -0.990. The van der Waals surface area contributed by atoms with E-state index < -0.39 is 0 Å². The van der Waals surface area contributed by atoms with E-state index >= 15 is 0 Å². The molecular formula is C17H33IN4O2. The van der Waals surface area contributed by atoms with Gasteiger partial charge in [-0.25, -0.2) is 4.79 Å². The summed E-state index contributed by atoms with van der Waals surface area (Å²) in [6.45, 7) is 9.85. The first-order valence-electron chi connectivity index (χ1n) is 8.68. The highest BCUT2D eigenvalue weighted by Crippen LogP contribution is 2.09. The van der Waals surface area contributed by atoms with Crippen molar-refractivity contribution in [2.75, 3.05) is 19.7 Å². The van der Waals surface area contributed by atoms with Crippen LogP contribution in [0.15, 0.2) is 17.1 Å². The predicted molar refractivity (Wildman–Crippen MR) is 110 cm³/mol. The Bertz CT molecular complexity index is 405. The van der Waals surface area contributed by atoms with Crippen LogP contribution in [0, 0.1) is 5.92 Å². The van der Waals surface area contributed by atoms with E-state index in [0.717, 1.165) is 31.8 Å². The number of guanidine groups is 1. The Morgan fingerprint density at radius 3 is 2.50 bits per heavy atom. The minimum absolute atomic E-state index is 0. The molecule has 140 valence electrons. The fourth-order valence-corrected chi connectivity index (χ4v) is 2.54. The van der Waals surface area contributed by atoms with Gasteiger partial charge in [0.2, 0.25) is 0 Å². The maximum Gasteiger partial charge on any atom is 0.407 e. The molecule has 0 aromatic heterocycles. The van der Waals surface area contributed by atoms with Crippen molar-refractivity contribution in [1.29, 1.82) is 0 Å². The third-order valence-electron chi connectivity index (χ3n) is 3.52. The number of amides is 1. The highest BCUT2D eigenvalue weighted by molar-refractivity contribution is 14.0. The lowest BCUT2D eigenvalue weighted by Crippen LogP contribution is -2.44. The summed E-state index contributed by atoms with van der Waals surface area (Å²) in [5.74, 6) is 1.28. The predicted octanol–water partition coefficient (Wildman–Crippen LogP) is 3.04. The summed E-state index contributed by atoms with van der Waals surface area (Å²) >= 11 is 0. The van der Waals surface area contributed by atoms with Crippen molar-refractivity contribution < 1.29 is 9.53 Å². The van der Waals surface area contributed by atoms with Crippen LogP contribution in [-0.2, 0) is 4.74 Å². The Morgan fingerprint density at radius 1 is 1.29 bits per heavy atom. The van der Waals surface area contributed by atoms with Gasteiger partial charge in [-0.1, -0.05) is 26.0 Å². The Kier molecular flexibility index (Phi) is 12.8. The van der Waals surface area contributed by atoms with E-state index in [9.17, 15) is 4.79 Å². The summed E-state index contributed by atoms with van der Waals surface area (Å²) in [7, 11) is 0. The third kappa shape index (κ3) is 10.00. The quantitative estimate of drug-likeness (QED) is 0.229. The Balaban J connectivity index is 0.00000529. The molecule has 6 nitrogen and oxygen atoms in total. The number of aliphatic imine (C=N–C) groups is 1. The van der Waals surface area contributed by atoms with Crippen molar-refractivity contribution in [1.82, 2.24) is 16.0 Å². The van der Waals surface area contributed by atoms with E-state index in [4.69, 9.17) is 4.74 Å². The number of halogens is 1. The van der Waals surface area contributed by atoms with Gasteiger partial charge in [0.25, 0.3) is 0 Å². The zero-order chi connectivity index (χ0) is 17.1. The number of alkyl carbamates (subject to hydrolysis) is 1. The van der Waals surface area contributed by atoms with Crippen LogP contribution in [0.2, 0.25) is 0 Å². The summed E-state index contributed by atoms with van der Waals surface area (Å²) in [5.41, 5.74) is 0. The van der Waals surface area contributed by atoms with Gasteiger partial charge >= 0.3 is 6.09 Å². The summed E-state index contributed by atoms with van der Waals surface area (Å²) in [4.78, 5) is 16.3. The number of carbonyl (C=O) groups is 1. The molecule has 1 aliphatic carbocycles. The molecule has 0 aromatic rings. The van der Waals surface area contributed by atoms with Crippen molar-refractivity contribution >= 4 is 36.0 Å². The SMILES string of the molecule is CCNC(=NCC(CC(C)C)NC(=O)OCC)NC1CC=CC1.I. The molecule has 3 N–H and O–H groups in total. The molecule has 1 rings (SSSR count). The molecule has 0 radical (unpaired) electrons. The standard InChI is InChI=1S/C17H32N4O2.HI/c1-5-18-16(20-14-9-7-8-10-14)19-12-15(11-13(3)4)21-17(22)23-6-2;/h7-8,13-15H,5-6,9-12H2,1-4H3,(H,21,22)(H2,18,19,20);1H. The second kappa shape index (κ2) is 13.3. The molecule has 0 saturated heterocycles. The third-order valence-corrected chi connectivity index (χ3v) is 3.52. The smallest absolute Gasteiger partial charge is 0.407 e. The first-order valence-corrected chi connectivity index (χ1v) is 8.68. The van der Waals surface area contributed by atoms with Crippen LogP contribution >= 0.6 is 24.0 Å². The Labute approximate surface area is 163 Å². The van der Waals surface area contributed by atoms with E-state index in [-0.39, 0.29) is 36.1 Å². The summed E-state index contributed by atoms with van der Waals surface area (Å²) < 4.78 is 4.98. The number of nitrogens with zero attached hydrogens (tertiary/aromatic N) is 1. The van der Waals surface area contributed by atoms with Crippen LogP contribution in [0.4, 0.5) is 4.79 Å². The fourth-order valence-electron chi connectivity index (χ4n) is 2.54. The largest absolute Gasteiger partial charge is 0.450 e. The number of hydrogen-bond donors (Lipinski definition) is 3. The minimum Gasteiger partial charge on any atom is -0.450 e. The average Bonchev–Trinajstić information content (AvgIpc) is 2.97. The lowest BCUT2D eigenvalue weighted by molar-refractivity contribution is 0.147. The summed E-state index contributed by atoms with van der Waals surface area (Å²) in [6.07, 6.45) is 6.93. The molecule has 1 atom stereocenters. The van der Waals surface area contributed by atoms with Crippen LogP contribution < -0.4 is 16.0 Å². The van der Waals surface area contributed by atoms with Crippen LogP contribution in [0.3, 0.4) is 0 Å². The van der Waals surface area contributed by atoms with Gasteiger partial charge in [-0.2, -0.15) is 0 Å². The maximum absolute atomic E-state index is 11.7. The van der Waals surface area contributed by atoms with Gasteiger partial charge in [-0.3, -0.25) is 4.99 Å². The van der Waals surface area contributed by atoms with Gasteiger partial charge in [0.05, 0.1) is 19.2 Å². The molecule has 0 aromatic carbocycles. The van der Waals surface area contributed by atoms with Crippen molar-refractivity contribution in [3.8, 4) is 0 Å². The average molecular weight is 452 g/mol. The molecule has 0 spiro atoms. The van der Waals surface area contributed by atoms with E-state index in [0.29, 0.717) is 25.1 Å². The number of ether oxygens (including phenoxy) is 1. The molecule has 0 aliphatic heterocycles. The molecule has 7 heteroatoms. The van der Waals surface area contributed by atoms with Gasteiger partial charge in [0, 0.05) is 12.6 Å². The first-order chi connectivity index (χ1) is 11.0. The van der Waals surface area contributed by atoms with Crippen molar-refractivity contribution in [2.45, 2.75) is 59.0 Å². The highest BCUT2D eigenvalue weighted by Gasteiger charge is 2.16. The van der Waals surface area contributed by atoms with E-state index in [1.165, 1.54) is 0 Å². The minimum atomic E-state index is -0.369. The van der Waals surface area contributed by atoms with E-state index in [1.54, 1.807) is 6.92 Å². The van der Waals surface area contributed by atoms with Crippen molar-refractivity contribution in [3.05, 3.63) is 12.2 Å². The van der Waals surface area contributed by atoms with Crippen LogP contribution in [-0.4, -0.2) is 43.8 Å².